The van der Waals surface area contributed by atoms with Gasteiger partial charge in [0.1, 0.15) is 18.1 Å². The smallest absolute Gasteiger partial charge is 0.146 e. The Morgan fingerprint density at radius 1 is 1.50 bits per heavy atom. The summed E-state index contributed by atoms with van der Waals surface area (Å²) in [5, 5.41) is 14.7. The van der Waals surface area contributed by atoms with Gasteiger partial charge in [-0.15, -0.1) is 0 Å². The molecule has 0 aliphatic heterocycles. The van der Waals surface area contributed by atoms with Crippen molar-refractivity contribution in [3.8, 4) is 0 Å². The number of allylic oxidation sites excluding steroid dienone is 4. The molecule has 0 aromatic heterocycles. The molecule has 0 aromatic rings. The zero-order valence-corrected chi connectivity index (χ0v) is 6.63. The maximum absolute atomic E-state index is 7.43. The fourth-order valence-electron chi connectivity index (χ4n) is 0.800. The average Bonchev–Trinajstić information content (AvgIpc) is 2.08. The molecule has 2 N–H and O–H groups in total. The van der Waals surface area contributed by atoms with Crippen molar-refractivity contribution in [2.75, 3.05) is 6.61 Å². The van der Waals surface area contributed by atoms with Crippen LogP contribution in [-0.2, 0) is 4.74 Å². The largest absolute Gasteiger partial charge is 0.487 e. The highest BCUT2D eigenvalue weighted by Crippen LogP contribution is 2.07. The Kier molecular flexibility index (Phi) is 2.58. The molecule has 0 bridgehead atoms. The van der Waals surface area contributed by atoms with Gasteiger partial charge < -0.3 is 4.74 Å². The van der Waals surface area contributed by atoms with Crippen LogP contribution in [-0.4, -0.2) is 18.0 Å². The zero-order chi connectivity index (χ0) is 8.97. The van der Waals surface area contributed by atoms with Crippen molar-refractivity contribution >= 4 is 11.4 Å². The third kappa shape index (κ3) is 1.69. The number of ether oxygens (including phenoxy) is 1. The molecule has 1 rings (SSSR count). The van der Waals surface area contributed by atoms with Crippen LogP contribution in [0.2, 0.25) is 0 Å². The first kappa shape index (κ1) is 8.46. The topological polar surface area (TPSA) is 56.9 Å². The second kappa shape index (κ2) is 3.67. The fourth-order valence-corrected chi connectivity index (χ4v) is 0.800. The molecule has 0 fully saturated rings. The van der Waals surface area contributed by atoms with Crippen molar-refractivity contribution < 1.29 is 4.74 Å². The van der Waals surface area contributed by atoms with E-state index in [2.05, 4.69) is 6.58 Å². The first-order valence-electron chi connectivity index (χ1n) is 3.55. The lowest BCUT2D eigenvalue weighted by atomic mass is 10.1. The summed E-state index contributed by atoms with van der Waals surface area (Å²) < 4.78 is 5.14. The second-order valence-corrected chi connectivity index (χ2v) is 2.28. The van der Waals surface area contributed by atoms with Gasteiger partial charge in [-0.05, 0) is 12.2 Å². The van der Waals surface area contributed by atoms with Crippen molar-refractivity contribution in [1.29, 1.82) is 10.8 Å². The van der Waals surface area contributed by atoms with Crippen molar-refractivity contribution in [3.05, 3.63) is 36.6 Å². The van der Waals surface area contributed by atoms with Crippen LogP contribution in [0, 0.1) is 10.8 Å². The van der Waals surface area contributed by atoms with Crippen molar-refractivity contribution in [2.45, 2.75) is 0 Å². The standard InChI is InChI=1S/C9H10N2O/c1-2-6-12-8-5-3-4-7(10)9(8)11/h2-5,10-11H,1,6H2. The van der Waals surface area contributed by atoms with Crippen LogP contribution in [0.15, 0.2) is 36.6 Å². The molecule has 1 aliphatic carbocycles. The van der Waals surface area contributed by atoms with Crippen molar-refractivity contribution in [2.24, 2.45) is 0 Å². The molecule has 3 nitrogen and oxygen atoms in total. The highest BCUT2D eigenvalue weighted by atomic mass is 16.5. The van der Waals surface area contributed by atoms with Crippen molar-refractivity contribution in [3.63, 3.8) is 0 Å². The minimum Gasteiger partial charge on any atom is -0.487 e. The van der Waals surface area contributed by atoms with E-state index in [1.54, 1.807) is 24.3 Å². The third-order valence-corrected chi connectivity index (χ3v) is 1.38. The summed E-state index contributed by atoms with van der Waals surface area (Å²) in [7, 11) is 0. The Morgan fingerprint density at radius 3 is 2.92 bits per heavy atom. The summed E-state index contributed by atoms with van der Waals surface area (Å²) in [6.45, 7) is 3.87. The van der Waals surface area contributed by atoms with Gasteiger partial charge in [0.15, 0.2) is 0 Å². The Labute approximate surface area is 71.1 Å². The van der Waals surface area contributed by atoms with E-state index in [4.69, 9.17) is 15.6 Å². The number of hydrogen-bond donors (Lipinski definition) is 2. The molecule has 0 radical (unpaired) electrons. The minimum absolute atomic E-state index is 0.124. The maximum Gasteiger partial charge on any atom is 0.146 e. The molecule has 0 heterocycles. The van der Waals surface area contributed by atoms with E-state index >= 15 is 0 Å². The lowest BCUT2D eigenvalue weighted by Gasteiger charge is -2.11. The van der Waals surface area contributed by atoms with Gasteiger partial charge in [0.05, 0.1) is 5.71 Å². The summed E-state index contributed by atoms with van der Waals surface area (Å²) >= 11 is 0. The van der Waals surface area contributed by atoms with E-state index in [-0.39, 0.29) is 11.4 Å². The van der Waals surface area contributed by atoms with Crippen LogP contribution in [0.1, 0.15) is 0 Å². The molecule has 3 heteroatoms. The summed E-state index contributed by atoms with van der Waals surface area (Å²) in [4.78, 5) is 0. The van der Waals surface area contributed by atoms with Crippen LogP contribution in [0.3, 0.4) is 0 Å². The van der Waals surface area contributed by atoms with Gasteiger partial charge >= 0.3 is 0 Å². The van der Waals surface area contributed by atoms with E-state index in [0.717, 1.165) is 0 Å². The van der Waals surface area contributed by atoms with Crippen LogP contribution >= 0.6 is 0 Å². The summed E-state index contributed by atoms with van der Waals surface area (Å²) in [5.41, 5.74) is 0.302. The molecule has 1 aliphatic rings. The second-order valence-electron chi connectivity index (χ2n) is 2.28. The molecule has 0 saturated carbocycles. The van der Waals surface area contributed by atoms with Crippen LogP contribution < -0.4 is 0 Å². The third-order valence-electron chi connectivity index (χ3n) is 1.38. The van der Waals surface area contributed by atoms with Gasteiger partial charge in [-0.25, -0.2) is 0 Å². The molecule has 0 aromatic carbocycles. The predicted octanol–water partition coefficient (Wildman–Crippen LogP) is 1.68. The fraction of sp³-hybridized carbons (Fsp3) is 0.111. The van der Waals surface area contributed by atoms with Gasteiger partial charge in [0, 0.05) is 0 Å². The summed E-state index contributed by atoms with van der Waals surface area (Å²) in [6, 6.07) is 0. The van der Waals surface area contributed by atoms with Gasteiger partial charge in [-0.3, -0.25) is 10.8 Å². The first-order chi connectivity index (χ1) is 5.75. The van der Waals surface area contributed by atoms with Gasteiger partial charge in [0.25, 0.3) is 0 Å². The summed E-state index contributed by atoms with van der Waals surface area (Å²) in [5.74, 6) is 0.433. The van der Waals surface area contributed by atoms with E-state index in [1.165, 1.54) is 0 Å². The predicted molar refractivity (Wildman–Crippen MR) is 48.8 cm³/mol. The first-order valence-corrected chi connectivity index (χ1v) is 3.55. The molecule has 0 atom stereocenters. The van der Waals surface area contributed by atoms with Crippen LogP contribution in [0.5, 0.6) is 0 Å². The summed E-state index contributed by atoms with van der Waals surface area (Å²) in [6.07, 6.45) is 6.53. The Hall–Kier alpha value is -1.64. The Balaban J connectivity index is 2.69. The van der Waals surface area contributed by atoms with Gasteiger partial charge in [-0.1, -0.05) is 18.7 Å². The van der Waals surface area contributed by atoms with Crippen molar-refractivity contribution in [1.82, 2.24) is 0 Å². The highest BCUT2D eigenvalue weighted by molar-refractivity contribution is 6.50. The number of hydrogen-bond acceptors (Lipinski definition) is 3. The van der Waals surface area contributed by atoms with Crippen LogP contribution in [0.4, 0.5) is 0 Å². The number of rotatable bonds is 3. The highest BCUT2D eigenvalue weighted by Gasteiger charge is 2.11. The Bertz CT molecular complexity index is 287. The molecule has 0 saturated heterocycles. The lowest BCUT2D eigenvalue weighted by Crippen LogP contribution is -2.16. The molecule has 0 amide bonds. The molecular weight excluding hydrogens is 152 g/mol. The quantitative estimate of drug-likeness (QED) is 0.481. The molecule has 0 unspecified atom stereocenters. The van der Waals surface area contributed by atoms with E-state index in [0.29, 0.717) is 12.4 Å². The number of nitrogens with one attached hydrogen (secondary N) is 2. The molecule has 12 heavy (non-hydrogen) atoms. The van der Waals surface area contributed by atoms with Crippen LogP contribution in [0.25, 0.3) is 0 Å². The SMILES string of the molecule is C=CCOC1=CC=CC(=N)C1=N. The lowest BCUT2D eigenvalue weighted by molar-refractivity contribution is 0.269. The molecule has 62 valence electrons. The molecule has 0 spiro atoms. The minimum atomic E-state index is 0.124. The van der Waals surface area contributed by atoms with E-state index in [1.807, 2.05) is 0 Å². The zero-order valence-electron chi connectivity index (χ0n) is 6.63. The van der Waals surface area contributed by atoms with E-state index in [9.17, 15) is 0 Å². The monoisotopic (exact) mass is 162 g/mol. The normalized spacial score (nSPS) is 15.8. The van der Waals surface area contributed by atoms with Gasteiger partial charge in [0.2, 0.25) is 0 Å². The average molecular weight is 162 g/mol. The van der Waals surface area contributed by atoms with E-state index < -0.39 is 0 Å². The van der Waals surface area contributed by atoms with Gasteiger partial charge in [-0.2, -0.15) is 0 Å². The maximum atomic E-state index is 7.43. The molecular formula is C9H10N2O. The Morgan fingerprint density at radius 2 is 2.25 bits per heavy atom.